The molecule has 0 N–H and O–H groups in total. The molecule has 0 spiro atoms. The molecule has 0 atom stereocenters. The molecule has 1 aromatic carbocycles. The minimum absolute atomic E-state index is 1.25. The molecule has 2 rings (SSSR count). The van der Waals surface area contributed by atoms with Gasteiger partial charge in [0, 0.05) is 11.6 Å². The van der Waals surface area contributed by atoms with Crippen LogP contribution in [0.5, 0.6) is 0 Å². The third-order valence-electron chi connectivity index (χ3n) is 1.51. The van der Waals surface area contributed by atoms with Crippen molar-refractivity contribution in [3.63, 3.8) is 0 Å². The Morgan fingerprint density at radius 3 is 2.75 bits per heavy atom. The Labute approximate surface area is 77.2 Å². The van der Waals surface area contributed by atoms with Crippen molar-refractivity contribution >= 4 is 21.6 Å². The lowest BCUT2D eigenvalue weighted by Gasteiger charge is -1.88. The molecular weight excluding hydrogens is 166 g/mol. The molecule has 1 nitrogen and oxygen atoms in total. The Balaban J connectivity index is 0.000000336. The number of aryl methyl sites for hydroxylation is 1. The van der Waals surface area contributed by atoms with Gasteiger partial charge in [-0.3, -0.25) is 0 Å². The highest BCUT2D eigenvalue weighted by molar-refractivity contribution is 7.13. The van der Waals surface area contributed by atoms with Gasteiger partial charge in [0.05, 0.1) is 4.70 Å². The Kier molecular flexibility index (Phi) is 3.23. The molecule has 0 unspecified atom stereocenters. The van der Waals surface area contributed by atoms with Crippen LogP contribution in [-0.4, -0.2) is 4.37 Å². The summed E-state index contributed by atoms with van der Waals surface area (Å²) in [6, 6.07) is 6.38. The van der Waals surface area contributed by atoms with Crippen LogP contribution in [0, 0.1) is 6.92 Å². The van der Waals surface area contributed by atoms with Crippen molar-refractivity contribution in [2.75, 3.05) is 0 Å². The van der Waals surface area contributed by atoms with E-state index in [0.717, 1.165) is 0 Å². The van der Waals surface area contributed by atoms with Crippen LogP contribution in [0.25, 0.3) is 10.1 Å². The fraction of sp³-hybridized carbons (Fsp3) is 0.300. The van der Waals surface area contributed by atoms with Crippen molar-refractivity contribution in [2.45, 2.75) is 20.8 Å². The average molecular weight is 179 g/mol. The molecule has 2 aromatic rings. The summed E-state index contributed by atoms with van der Waals surface area (Å²) < 4.78 is 5.35. The first-order valence-corrected chi connectivity index (χ1v) is 4.95. The summed E-state index contributed by atoms with van der Waals surface area (Å²) in [5, 5.41) is 1.25. The largest absolute Gasteiger partial charge is 0.200 e. The molecule has 1 heterocycles. The molecule has 0 amide bonds. The van der Waals surface area contributed by atoms with Gasteiger partial charge in [0.2, 0.25) is 0 Å². The minimum atomic E-state index is 1.25. The molecule has 0 saturated heterocycles. The molecule has 0 aliphatic rings. The Bertz CT molecular complexity index is 351. The highest BCUT2D eigenvalue weighted by atomic mass is 32.1. The number of hydrogen-bond donors (Lipinski definition) is 0. The predicted octanol–water partition coefficient (Wildman–Crippen LogP) is 3.63. The zero-order valence-corrected chi connectivity index (χ0v) is 8.48. The van der Waals surface area contributed by atoms with E-state index in [9.17, 15) is 0 Å². The average Bonchev–Trinajstić information content (AvgIpc) is 2.54. The zero-order valence-electron chi connectivity index (χ0n) is 7.66. The van der Waals surface area contributed by atoms with E-state index in [2.05, 4.69) is 29.5 Å². The van der Waals surface area contributed by atoms with Gasteiger partial charge >= 0.3 is 0 Å². The molecule has 0 aliphatic heterocycles. The van der Waals surface area contributed by atoms with Gasteiger partial charge in [-0.15, -0.1) is 0 Å². The van der Waals surface area contributed by atoms with Crippen LogP contribution in [0.2, 0.25) is 0 Å². The number of aromatic nitrogens is 1. The first-order chi connectivity index (χ1) is 5.86. The Hall–Kier alpha value is -0.890. The van der Waals surface area contributed by atoms with E-state index in [1.165, 1.54) is 15.6 Å². The van der Waals surface area contributed by atoms with Crippen LogP contribution in [0.15, 0.2) is 24.4 Å². The van der Waals surface area contributed by atoms with Crippen LogP contribution < -0.4 is 0 Å². The van der Waals surface area contributed by atoms with Gasteiger partial charge in [-0.1, -0.05) is 25.5 Å². The standard InChI is InChI=1S/C8H7NS.C2H6/c1-6-2-3-8-7(4-6)5-9-10-8;1-2/h2-5H,1H3;1-2H3. The molecule has 0 saturated carbocycles. The van der Waals surface area contributed by atoms with Crippen LogP contribution >= 0.6 is 11.5 Å². The first-order valence-electron chi connectivity index (χ1n) is 4.17. The first kappa shape index (κ1) is 9.20. The monoisotopic (exact) mass is 179 g/mol. The maximum atomic E-state index is 4.08. The van der Waals surface area contributed by atoms with Gasteiger partial charge in [-0.2, -0.15) is 4.37 Å². The zero-order chi connectivity index (χ0) is 8.97. The third-order valence-corrected chi connectivity index (χ3v) is 2.29. The minimum Gasteiger partial charge on any atom is -0.200 e. The fourth-order valence-electron chi connectivity index (χ4n) is 0.992. The van der Waals surface area contributed by atoms with E-state index in [-0.39, 0.29) is 0 Å². The highest BCUT2D eigenvalue weighted by Gasteiger charge is 1.93. The summed E-state index contributed by atoms with van der Waals surface area (Å²) in [6.07, 6.45) is 1.91. The molecule has 0 aliphatic carbocycles. The van der Waals surface area contributed by atoms with Gasteiger partial charge in [-0.05, 0) is 30.6 Å². The van der Waals surface area contributed by atoms with E-state index >= 15 is 0 Å². The molecule has 0 radical (unpaired) electrons. The predicted molar refractivity (Wildman–Crippen MR) is 55.7 cm³/mol. The maximum Gasteiger partial charge on any atom is 0.0550 e. The van der Waals surface area contributed by atoms with Crippen molar-refractivity contribution in [1.82, 2.24) is 4.37 Å². The molecule has 2 heteroatoms. The van der Waals surface area contributed by atoms with Crippen molar-refractivity contribution in [2.24, 2.45) is 0 Å². The summed E-state index contributed by atoms with van der Waals surface area (Å²) >= 11 is 1.55. The SMILES string of the molecule is CC.Cc1ccc2sncc2c1. The highest BCUT2D eigenvalue weighted by Crippen LogP contribution is 2.18. The maximum absolute atomic E-state index is 4.08. The number of benzene rings is 1. The number of hydrogen-bond acceptors (Lipinski definition) is 2. The Morgan fingerprint density at radius 2 is 2.00 bits per heavy atom. The third kappa shape index (κ3) is 1.83. The van der Waals surface area contributed by atoms with E-state index in [4.69, 9.17) is 0 Å². The van der Waals surface area contributed by atoms with Gasteiger partial charge in [0.15, 0.2) is 0 Å². The molecule has 0 fully saturated rings. The second-order valence-corrected chi connectivity index (χ2v) is 3.20. The van der Waals surface area contributed by atoms with Crippen molar-refractivity contribution < 1.29 is 0 Å². The molecular formula is C10H13NS. The van der Waals surface area contributed by atoms with E-state index in [1.54, 1.807) is 11.5 Å². The summed E-state index contributed by atoms with van der Waals surface area (Å²) in [7, 11) is 0. The van der Waals surface area contributed by atoms with E-state index in [0.29, 0.717) is 0 Å². The molecule has 1 aromatic heterocycles. The summed E-state index contributed by atoms with van der Waals surface area (Å²) in [6.45, 7) is 6.09. The van der Waals surface area contributed by atoms with Crippen molar-refractivity contribution in [3.05, 3.63) is 30.0 Å². The lowest BCUT2D eigenvalue weighted by Crippen LogP contribution is -1.67. The van der Waals surface area contributed by atoms with Gasteiger partial charge in [0.1, 0.15) is 0 Å². The molecule has 12 heavy (non-hydrogen) atoms. The van der Waals surface area contributed by atoms with Gasteiger partial charge in [-0.25, -0.2) is 0 Å². The normalized spacial score (nSPS) is 9.25. The van der Waals surface area contributed by atoms with Crippen LogP contribution in [0.1, 0.15) is 19.4 Å². The number of nitrogens with zero attached hydrogens (tertiary/aromatic N) is 1. The second-order valence-electron chi connectivity index (χ2n) is 2.37. The summed E-state index contributed by atoms with van der Waals surface area (Å²) in [5.74, 6) is 0. The molecule has 0 bridgehead atoms. The van der Waals surface area contributed by atoms with Gasteiger partial charge < -0.3 is 0 Å². The van der Waals surface area contributed by atoms with Gasteiger partial charge in [0.25, 0.3) is 0 Å². The summed E-state index contributed by atoms with van der Waals surface area (Å²) in [5.41, 5.74) is 1.30. The lowest BCUT2D eigenvalue weighted by molar-refractivity contribution is 1.50. The summed E-state index contributed by atoms with van der Waals surface area (Å²) in [4.78, 5) is 0. The lowest BCUT2D eigenvalue weighted by atomic mass is 10.2. The fourth-order valence-corrected chi connectivity index (χ4v) is 1.62. The number of rotatable bonds is 0. The van der Waals surface area contributed by atoms with Crippen LogP contribution in [-0.2, 0) is 0 Å². The number of fused-ring (bicyclic) bond motifs is 1. The second kappa shape index (κ2) is 4.21. The van der Waals surface area contributed by atoms with Crippen molar-refractivity contribution in [1.29, 1.82) is 0 Å². The van der Waals surface area contributed by atoms with Crippen LogP contribution in [0.4, 0.5) is 0 Å². The van der Waals surface area contributed by atoms with E-state index in [1.807, 2.05) is 20.0 Å². The quantitative estimate of drug-likeness (QED) is 0.601. The topological polar surface area (TPSA) is 12.9 Å². The molecule has 64 valence electrons. The smallest absolute Gasteiger partial charge is 0.0550 e. The van der Waals surface area contributed by atoms with Crippen molar-refractivity contribution in [3.8, 4) is 0 Å². The Morgan fingerprint density at radius 1 is 1.25 bits per heavy atom. The van der Waals surface area contributed by atoms with Crippen LogP contribution in [0.3, 0.4) is 0 Å². The van der Waals surface area contributed by atoms with E-state index < -0.39 is 0 Å².